The Hall–Kier alpha value is -1.23. The highest BCUT2D eigenvalue weighted by molar-refractivity contribution is 9.10. The molecule has 1 aromatic carbocycles. The number of nitrogens with zero attached hydrogens (tertiary/aromatic N) is 1. The van der Waals surface area contributed by atoms with E-state index in [-0.39, 0.29) is 5.91 Å². The van der Waals surface area contributed by atoms with Gasteiger partial charge in [0.25, 0.3) is 0 Å². The number of nitrogens with one attached hydrogen (secondary N) is 1. The van der Waals surface area contributed by atoms with Gasteiger partial charge in [-0.05, 0) is 34.1 Å². The monoisotopic (exact) mass is 271 g/mol. The molecule has 4 nitrogen and oxygen atoms in total. The van der Waals surface area contributed by atoms with E-state index in [2.05, 4.69) is 21.2 Å². The van der Waals surface area contributed by atoms with Crippen molar-refractivity contribution in [3.8, 4) is 0 Å². The third kappa shape index (κ3) is 3.13. The van der Waals surface area contributed by atoms with E-state index in [0.717, 1.165) is 10.2 Å². The largest absolute Gasteiger partial charge is 0.399 e. The molecule has 0 atom stereocenters. The van der Waals surface area contributed by atoms with Gasteiger partial charge in [0.1, 0.15) is 0 Å². The van der Waals surface area contributed by atoms with Gasteiger partial charge in [0, 0.05) is 24.3 Å². The molecule has 0 aliphatic carbocycles. The Morgan fingerprint density at radius 2 is 2.27 bits per heavy atom. The van der Waals surface area contributed by atoms with Gasteiger partial charge in [0.15, 0.2) is 0 Å². The number of amides is 1. The number of hydrogen-bond donors (Lipinski definition) is 2. The summed E-state index contributed by atoms with van der Waals surface area (Å²) in [5.74, 6) is -0.0266. The van der Waals surface area contributed by atoms with Crippen LogP contribution in [-0.4, -0.2) is 26.5 Å². The minimum atomic E-state index is -0.0266. The standard InChI is InChI=1S/C10H14BrN3O/c1-13-10(15)6-14(2)9-4-3-7(12)5-8(9)11/h3-5H,6,12H2,1-2H3,(H,13,15). The van der Waals surface area contributed by atoms with Crippen molar-refractivity contribution in [1.29, 1.82) is 0 Å². The third-order valence-electron chi connectivity index (χ3n) is 2.04. The van der Waals surface area contributed by atoms with E-state index in [1.54, 1.807) is 13.1 Å². The summed E-state index contributed by atoms with van der Waals surface area (Å²) in [5, 5.41) is 2.58. The SMILES string of the molecule is CNC(=O)CN(C)c1ccc(N)cc1Br. The van der Waals surface area contributed by atoms with Crippen LogP contribution in [0.2, 0.25) is 0 Å². The summed E-state index contributed by atoms with van der Waals surface area (Å²) in [6, 6.07) is 5.50. The second-order valence-electron chi connectivity index (χ2n) is 3.24. The summed E-state index contributed by atoms with van der Waals surface area (Å²) in [4.78, 5) is 13.0. The molecule has 5 heteroatoms. The van der Waals surface area contributed by atoms with Crippen LogP contribution >= 0.6 is 15.9 Å². The number of rotatable bonds is 3. The molecule has 0 radical (unpaired) electrons. The number of carbonyl (C=O) groups is 1. The van der Waals surface area contributed by atoms with Gasteiger partial charge in [-0.1, -0.05) is 0 Å². The first-order valence-corrected chi connectivity index (χ1v) is 5.30. The van der Waals surface area contributed by atoms with E-state index < -0.39 is 0 Å². The zero-order chi connectivity index (χ0) is 11.4. The molecule has 15 heavy (non-hydrogen) atoms. The van der Waals surface area contributed by atoms with Crippen LogP contribution in [0.4, 0.5) is 11.4 Å². The maximum absolute atomic E-state index is 11.2. The van der Waals surface area contributed by atoms with Gasteiger partial charge >= 0.3 is 0 Å². The quantitative estimate of drug-likeness (QED) is 0.813. The van der Waals surface area contributed by atoms with Crippen molar-refractivity contribution in [1.82, 2.24) is 5.32 Å². The molecule has 82 valence electrons. The molecule has 0 saturated carbocycles. The molecule has 0 aliphatic rings. The summed E-state index contributed by atoms with van der Waals surface area (Å²) in [5.41, 5.74) is 7.26. The molecule has 1 rings (SSSR count). The average molecular weight is 272 g/mol. The molecule has 0 saturated heterocycles. The van der Waals surface area contributed by atoms with Gasteiger partial charge in [0.2, 0.25) is 5.91 Å². The number of halogens is 1. The van der Waals surface area contributed by atoms with Crippen molar-refractivity contribution >= 4 is 33.2 Å². The molecule has 0 bridgehead atoms. The third-order valence-corrected chi connectivity index (χ3v) is 2.68. The Kier molecular flexibility index (Phi) is 3.96. The van der Waals surface area contributed by atoms with Gasteiger partial charge in [-0.25, -0.2) is 0 Å². The van der Waals surface area contributed by atoms with Crippen molar-refractivity contribution in [2.75, 3.05) is 31.3 Å². The first kappa shape index (κ1) is 11.8. The molecule has 0 spiro atoms. The zero-order valence-electron chi connectivity index (χ0n) is 8.75. The smallest absolute Gasteiger partial charge is 0.239 e. The predicted molar refractivity (Wildman–Crippen MR) is 65.9 cm³/mol. The maximum atomic E-state index is 11.2. The number of anilines is 2. The first-order chi connectivity index (χ1) is 7.04. The highest BCUT2D eigenvalue weighted by Crippen LogP contribution is 2.27. The van der Waals surface area contributed by atoms with Gasteiger partial charge in [-0.2, -0.15) is 0 Å². The normalized spacial score (nSPS) is 9.80. The van der Waals surface area contributed by atoms with Gasteiger partial charge in [0.05, 0.1) is 12.2 Å². The summed E-state index contributed by atoms with van der Waals surface area (Å²) in [6.45, 7) is 0.318. The fourth-order valence-corrected chi connectivity index (χ4v) is 1.91. The van der Waals surface area contributed by atoms with Crippen LogP contribution in [0.25, 0.3) is 0 Å². The number of carbonyl (C=O) groups excluding carboxylic acids is 1. The Morgan fingerprint density at radius 1 is 1.60 bits per heavy atom. The summed E-state index contributed by atoms with van der Waals surface area (Å²) in [6.07, 6.45) is 0. The molecule has 1 amide bonds. The predicted octanol–water partition coefficient (Wildman–Crippen LogP) is 1.21. The lowest BCUT2D eigenvalue weighted by Crippen LogP contribution is -2.33. The molecule has 0 fully saturated rings. The summed E-state index contributed by atoms with van der Waals surface area (Å²) in [7, 11) is 3.47. The number of likely N-dealkylation sites (N-methyl/N-ethyl adjacent to an activating group) is 2. The van der Waals surface area contributed by atoms with Crippen molar-refractivity contribution in [3.05, 3.63) is 22.7 Å². The molecule has 0 heterocycles. The minimum Gasteiger partial charge on any atom is -0.399 e. The van der Waals surface area contributed by atoms with E-state index in [9.17, 15) is 4.79 Å². The van der Waals surface area contributed by atoms with Crippen LogP contribution in [0.15, 0.2) is 22.7 Å². The Labute approximate surface area is 97.6 Å². The highest BCUT2D eigenvalue weighted by atomic mass is 79.9. The highest BCUT2D eigenvalue weighted by Gasteiger charge is 2.08. The van der Waals surface area contributed by atoms with Crippen LogP contribution in [-0.2, 0) is 4.79 Å². The van der Waals surface area contributed by atoms with Crippen molar-refractivity contribution < 1.29 is 4.79 Å². The van der Waals surface area contributed by atoms with E-state index in [0.29, 0.717) is 12.2 Å². The van der Waals surface area contributed by atoms with Gasteiger partial charge in [-0.15, -0.1) is 0 Å². The minimum absolute atomic E-state index is 0.0266. The molecule has 0 unspecified atom stereocenters. The van der Waals surface area contributed by atoms with Crippen molar-refractivity contribution in [3.63, 3.8) is 0 Å². The molecular formula is C10H14BrN3O. The van der Waals surface area contributed by atoms with E-state index >= 15 is 0 Å². The second kappa shape index (κ2) is 5.02. The number of nitrogens with two attached hydrogens (primary N) is 1. The Balaban J connectivity index is 2.82. The van der Waals surface area contributed by atoms with Crippen LogP contribution < -0.4 is 16.0 Å². The topological polar surface area (TPSA) is 58.4 Å². The summed E-state index contributed by atoms with van der Waals surface area (Å²) < 4.78 is 0.883. The lowest BCUT2D eigenvalue weighted by molar-refractivity contribution is -0.119. The number of benzene rings is 1. The lowest BCUT2D eigenvalue weighted by Gasteiger charge is -2.19. The zero-order valence-corrected chi connectivity index (χ0v) is 10.3. The number of hydrogen-bond acceptors (Lipinski definition) is 3. The van der Waals surface area contributed by atoms with Gasteiger partial charge < -0.3 is 16.0 Å². The van der Waals surface area contributed by atoms with Crippen LogP contribution in [0, 0.1) is 0 Å². The molecular weight excluding hydrogens is 258 g/mol. The fraction of sp³-hybridized carbons (Fsp3) is 0.300. The average Bonchev–Trinajstić information content (AvgIpc) is 2.17. The molecule has 1 aromatic rings. The lowest BCUT2D eigenvalue weighted by atomic mass is 10.2. The van der Waals surface area contributed by atoms with Crippen LogP contribution in [0.3, 0.4) is 0 Å². The van der Waals surface area contributed by atoms with Crippen LogP contribution in [0.5, 0.6) is 0 Å². The summed E-state index contributed by atoms with van der Waals surface area (Å²) >= 11 is 3.41. The van der Waals surface area contributed by atoms with E-state index in [1.807, 2.05) is 24.1 Å². The van der Waals surface area contributed by atoms with Crippen molar-refractivity contribution in [2.45, 2.75) is 0 Å². The van der Waals surface area contributed by atoms with E-state index in [4.69, 9.17) is 5.73 Å². The second-order valence-corrected chi connectivity index (χ2v) is 4.09. The van der Waals surface area contributed by atoms with Crippen LogP contribution in [0.1, 0.15) is 0 Å². The maximum Gasteiger partial charge on any atom is 0.239 e. The fourth-order valence-electron chi connectivity index (χ4n) is 1.21. The first-order valence-electron chi connectivity index (χ1n) is 4.51. The Morgan fingerprint density at radius 3 is 2.80 bits per heavy atom. The molecule has 0 aromatic heterocycles. The number of nitrogen functional groups attached to an aromatic ring is 1. The van der Waals surface area contributed by atoms with Crippen molar-refractivity contribution in [2.24, 2.45) is 0 Å². The molecule has 0 aliphatic heterocycles. The van der Waals surface area contributed by atoms with E-state index in [1.165, 1.54) is 0 Å². The Bertz CT molecular complexity index is 368. The molecule has 3 N–H and O–H groups in total. The van der Waals surface area contributed by atoms with Gasteiger partial charge in [-0.3, -0.25) is 4.79 Å².